The van der Waals surface area contributed by atoms with Crippen molar-refractivity contribution in [2.75, 3.05) is 0 Å². The van der Waals surface area contributed by atoms with E-state index in [2.05, 4.69) is 13.8 Å². The summed E-state index contributed by atoms with van der Waals surface area (Å²) in [7, 11) is -1.55. The number of hydrogen-bond donors (Lipinski definition) is 0. The van der Waals surface area contributed by atoms with Crippen molar-refractivity contribution in [3.8, 4) is 0 Å². The molecule has 15 heavy (non-hydrogen) atoms. The average Bonchev–Trinajstić information content (AvgIpc) is 2.27. The van der Waals surface area contributed by atoms with Crippen LogP contribution in [0.2, 0.25) is 36.3 Å². The Kier molecular flexibility index (Phi) is 6.55. The zero-order valence-corrected chi connectivity index (χ0v) is 13.4. The lowest BCUT2D eigenvalue weighted by Gasteiger charge is -2.37. The molecule has 0 bridgehead atoms. The maximum Gasteiger partial charge on any atom is 0.140 e. The third kappa shape index (κ3) is 4.62. The van der Waals surface area contributed by atoms with Gasteiger partial charge in [0.2, 0.25) is 0 Å². The SMILES string of the molecule is CCCC[Si]1(CCCC)CC[SiH](Cl)CC1. The molecule has 0 aliphatic carbocycles. The predicted molar refractivity (Wildman–Crippen MR) is 77.4 cm³/mol. The molecule has 0 atom stereocenters. The molecule has 0 amide bonds. The second-order valence-electron chi connectivity index (χ2n) is 5.38. The van der Waals surface area contributed by atoms with E-state index in [-0.39, 0.29) is 0 Å². The second-order valence-corrected chi connectivity index (χ2v) is 14.6. The van der Waals surface area contributed by atoms with Crippen LogP contribution in [-0.4, -0.2) is 16.2 Å². The maximum atomic E-state index is 6.37. The van der Waals surface area contributed by atoms with Gasteiger partial charge in [-0.1, -0.05) is 63.7 Å². The van der Waals surface area contributed by atoms with Gasteiger partial charge in [0.25, 0.3) is 0 Å². The van der Waals surface area contributed by atoms with Gasteiger partial charge in [-0.3, -0.25) is 0 Å². The van der Waals surface area contributed by atoms with Crippen LogP contribution in [-0.2, 0) is 0 Å². The molecular formula is C12H27ClSi2. The topological polar surface area (TPSA) is 0 Å². The van der Waals surface area contributed by atoms with E-state index in [1.165, 1.54) is 37.8 Å². The summed E-state index contributed by atoms with van der Waals surface area (Å²) in [6.07, 6.45) is 5.76. The van der Waals surface area contributed by atoms with Crippen LogP contribution >= 0.6 is 11.1 Å². The van der Waals surface area contributed by atoms with Crippen LogP contribution in [0.1, 0.15) is 39.5 Å². The quantitative estimate of drug-likeness (QED) is 0.466. The second kappa shape index (κ2) is 7.13. The third-order valence-electron chi connectivity index (χ3n) is 4.10. The zero-order valence-electron chi connectivity index (χ0n) is 10.5. The van der Waals surface area contributed by atoms with E-state index in [9.17, 15) is 0 Å². The van der Waals surface area contributed by atoms with Crippen molar-refractivity contribution in [1.29, 1.82) is 0 Å². The zero-order chi connectivity index (χ0) is 11.1. The van der Waals surface area contributed by atoms with Crippen LogP contribution in [0.15, 0.2) is 0 Å². The Hall–Kier alpha value is 0.724. The molecule has 1 aliphatic rings. The van der Waals surface area contributed by atoms with Gasteiger partial charge < -0.3 is 0 Å². The normalized spacial score (nSPS) is 21.8. The molecule has 1 fully saturated rings. The minimum atomic E-state index is -0.816. The lowest BCUT2D eigenvalue weighted by Crippen LogP contribution is -2.38. The highest BCUT2D eigenvalue weighted by Gasteiger charge is 2.35. The molecular weight excluding hydrogens is 236 g/mol. The Morgan fingerprint density at radius 3 is 1.87 bits per heavy atom. The standard InChI is InChI=1S/C12H27ClSi2/c1-3-5-9-15(10-6-4-2)11-7-14(13)8-12-15/h14H,3-12H2,1-2H3. The Bertz CT molecular complexity index is 147. The molecule has 0 saturated carbocycles. The Balaban J connectivity index is 2.44. The molecule has 0 unspecified atom stereocenters. The van der Waals surface area contributed by atoms with E-state index in [1.807, 2.05) is 0 Å². The summed E-state index contributed by atoms with van der Waals surface area (Å²) in [5.41, 5.74) is 0. The minimum Gasteiger partial charge on any atom is -0.172 e. The summed E-state index contributed by atoms with van der Waals surface area (Å²) in [4.78, 5) is 0. The van der Waals surface area contributed by atoms with E-state index in [4.69, 9.17) is 11.1 Å². The first-order chi connectivity index (χ1) is 7.22. The first kappa shape index (κ1) is 13.8. The molecule has 1 saturated heterocycles. The molecule has 1 heterocycles. The highest BCUT2D eigenvalue weighted by molar-refractivity contribution is 7.08. The number of hydrogen-bond acceptors (Lipinski definition) is 0. The van der Waals surface area contributed by atoms with Gasteiger partial charge in [0.15, 0.2) is 0 Å². The Morgan fingerprint density at radius 2 is 1.47 bits per heavy atom. The van der Waals surface area contributed by atoms with Gasteiger partial charge in [0.05, 0.1) is 8.07 Å². The minimum absolute atomic E-state index is 0.738. The van der Waals surface area contributed by atoms with Crippen molar-refractivity contribution in [2.45, 2.75) is 75.8 Å². The number of halogens is 1. The predicted octanol–water partition coefficient (Wildman–Crippen LogP) is 5.01. The van der Waals surface area contributed by atoms with Crippen molar-refractivity contribution < 1.29 is 0 Å². The summed E-state index contributed by atoms with van der Waals surface area (Å²) < 4.78 is 0. The van der Waals surface area contributed by atoms with Crippen LogP contribution in [0.3, 0.4) is 0 Å². The molecule has 0 radical (unpaired) electrons. The van der Waals surface area contributed by atoms with Gasteiger partial charge in [-0.2, -0.15) is 11.1 Å². The Morgan fingerprint density at radius 1 is 1.00 bits per heavy atom. The van der Waals surface area contributed by atoms with Gasteiger partial charge >= 0.3 is 0 Å². The van der Waals surface area contributed by atoms with Crippen molar-refractivity contribution in [2.24, 2.45) is 0 Å². The van der Waals surface area contributed by atoms with E-state index in [0.717, 1.165) is 0 Å². The van der Waals surface area contributed by atoms with Crippen LogP contribution in [0.4, 0.5) is 0 Å². The molecule has 0 aromatic carbocycles. The molecule has 0 nitrogen and oxygen atoms in total. The fourth-order valence-electron chi connectivity index (χ4n) is 2.92. The molecule has 0 aromatic heterocycles. The largest absolute Gasteiger partial charge is 0.172 e. The van der Waals surface area contributed by atoms with Gasteiger partial charge in [-0.15, -0.1) is 0 Å². The highest BCUT2D eigenvalue weighted by Crippen LogP contribution is 2.38. The summed E-state index contributed by atoms with van der Waals surface area (Å²) in [5, 5.41) is 0. The molecule has 0 N–H and O–H groups in total. The van der Waals surface area contributed by atoms with Crippen molar-refractivity contribution in [3.63, 3.8) is 0 Å². The summed E-state index contributed by atoms with van der Waals surface area (Å²) >= 11 is 6.37. The number of unbranched alkanes of at least 4 members (excludes halogenated alkanes) is 2. The summed E-state index contributed by atoms with van der Waals surface area (Å²) in [6, 6.07) is 9.33. The van der Waals surface area contributed by atoms with E-state index in [1.54, 1.807) is 24.2 Å². The van der Waals surface area contributed by atoms with E-state index in [0.29, 0.717) is 0 Å². The maximum absolute atomic E-state index is 6.37. The fourth-order valence-corrected chi connectivity index (χ4v) is 16.3. The molecule has 0 spiro atoms. The first-order valence-corrected chi connectivity index (χ1v) is 13.1. The average molecular weight is 263 g/mol. The highest BCUT2D eigenvalue weighted by atomic mass is 35.6. The fraction of sp³-hybridized carbons (Fsp3) is 1.00. The van der Waals surface area contributed by atoms with Gasteiger partial charge in [-0.05, 0) is 12.1 Å². The summed E-state index contributed by atoms with van der Waals surface area (Å²) in [5.74, 6) is 0. The first-order valence-electron chi connectivity index (χ1n) is 6.86. The summed E-state index contributed by atoms with van der Waals surface area (Å²) in [6.45, 7) is 4.67. The third-order valence-corrected chi connectivity index (χ3v) is 13.9. The molecule has 90 valence electrons. The van der Waals surface area contributed by atoms with E-state index >= 15 is 0 Å². The molecule has 1 rings (SSSR count). The van der Waals surface area contributed by atoms with Crippen LogP contribution < -0.4 is 0 Å². The Labute approximate surface area is 103 Å². The molecule has 1 aliphatic heterocycles. The van der Waals surface area contributed by atoms with Crippen molar-refractivity contribution in [3.05, 3.63) is 0 Å². The van der Waals surface area contributed by atoms with Crippen LogP contribution in [0.25, 0.3) is 0 Å². The van der Waals surface area contributed by atoms with Gasteiger partial charge in [0, 0.05) is 0 Å². The monoisotopic (exact) mass is 262 g/mol. The van der Waals surface area contributed by atoms with Gasteiger partial charge in [0.1, 0.15) is 8.11 Å². The van der Waals surface area contributed by atoms with Crippen molar-refractivity contribution in [1.82, 2.24) is 0 Å². The van der Waals surface area contributed by atoms with Gasteiger partial charge in [-0.25, -0.2) is 0 Å². The molecule has 3 heteroatoms. The molecule has 0 aromatic rings. The van der Waals surface area contributed by atoms with Crippen LogP contribution in [0.5, 0.6) is 0 Å². The van der Waals surface area contributed by atoms with Crippen molar-refractivity contribution >= 4 is 27.3 Å². The smallest absolute Gasteiger partial charge is 0.140 e. The number of rotatable bonds is 6. The van der Waals surface area contributed by atoms with E-state index < -0.39 is 16.2 Å². The lowest BCUT2D eigenvalue weighted by atomic mass is 10.4. The lowest BCUT2D eigenvalue weighted by molar-refractivity contribution is 0.811. The van der Waals surface area contributed by atoms with Crippen LogP contribution in [0, 0.1) is 0 Å².